The fraction of sp³-hybridized carbons (Fsp3) is 0.259. The number of amides is 2. The van der Waals surface area contributed by atoms with E-state index in [1.165, 1.54) is 4.90 Å². The van der Waals surface area contributed by atoms with Gasteiger partial charge in [0.05, 0.1) is 18.6 Å². The summed E-state index contributed by atoms with van der Waals surface area (Å²) in [6.07, 6.45) is 0.836. The van der Waals surface area contributed by atoms with Gasteiger partial charge < -0.3 is 21.5 Å². The molecular formula is C27H31N3O3. The van der Waals surface area contributed by atoms with Gasteiger partial charge in [-0.15, -0.1) is 0 Å². The van der Waals surface area contributed by atoms with E-state index < -0.39 is 23.9 Å². The Kier molecular flexibility index (Phi) is 8.75. The van der Waals surface area contributed by atoms with Crippen LogP contribution in [0.15, 0.2) is 91.0 Å². The van der Waals surface area contributed by atoms with E-state index in [-0.39, 0.29) is 12.5 Å². The Morgan fingerprint density at radius 1 is 0.788 bits per heavy atom. The zero-order valence-corrected chi connectivity index (χ0v) is 18.6. The van der Waals surface area contributed by atoms with Gasteiger partial charge in [-0.25, -0.2) is 0 Å². The molecule has 0 saturated carbocycles. The maximum atomic E-state index is 14.3. The first-order valence-electron chi connectivity index (χ1n) is 11.2. The van der Waals surface area contributed by atoms with Gasteiger partial charge in [-0.1, -0.05) is 91.0 Å². The Hall–Kier alpha value is -3.48. The molecule has 0 aliphatic rings. The molecule has 0 radical (unpaired) electrons. The number of hydrogen-bond donors (Lipinski definition) is 3. The van der Waals surface area contributed by atoms with Gasteiger partial charge in [-0.3, -0.25) is 9.59 Å². The van der Waals surface area contributed by atoms with E-state index >= 15 is 0 Å². The Balaban J connectivity index is 2.15. The molecule has 5 N–H and O–H groups in total. The number of carbonyl (C=O) groups is 2. The number of benzene rings is 3. The number of aliphatic hydroxyl groups is 1. The van der Waals surface area contributed by atoms with Gasteiger partial charge in [-0.05, 0) is 36.1 Å². The largest absolute Gasteiger partial charge is 0.394 e. The summed E-state index contributed by atoms with van der Waals surface area (Å²) in [6.45, 7) is 0.0141. The topological polar surface area (TPSA) is 110 Å². The molecular weight excluding hydrogens is 414 g/mol. The van der Waals surface area contributed by atoms with Crippen molar-refractivity contribution in [3.63, 3.8) is 0 Å². The van der Waals surface area contributed by atoms with Gasteiger partial charge in [0, 0.05) is 0 Å². The molecule has 2 amide bonds. The summed E-state index contributed by atoms with van der Waals surface area (Å²) in [4.78, 5) is 28.4. The van der Waals surface area contributed by atoms with Crippen LogP contribution in [0.1, 0.15) is 41.5 Å². The summed E-state index contributed by atoms with van der Waals surface area (Å²) in [7, 11) is 0. The summed E-state index contributed by atoms with van der Waals surface area (Å²) in [6, 6.07) is 26.4. The van der Waals surface area contributed by atoms with Crippen molar-refractivity contribution in [1.82, 2.24) is 4.90 Å². The van der Waals surface area contributed by atoms with Gasteiger partial charge in [-0.2, -0.15) is 0 Å². The molecule has 0 aromatic heterocycles. The number of primary amides is 1. The van der Waals surface area contributed by atoms with E-state index in [4.69, 9.17) is 11.5 Å². The summed E-state index contributed by atoms with van der Waals surface area (Å²) in [5, 5.41) is 10.4. The van der Waals surface area contributed by atoms with Gasteiger partial charge in [0.15, 0.2) is 0 Å². The first-order valence-corrected chi connectivity index (χ1v) is 11.2. The van der Waals surface area contributed by atoms with Crippen molar-refractivity contribution in [2.24, 2.45) is 11.5 Å². The molecule has 0 aliphatic carbocycles. The van der Waals surface area contributed by atoms with Crippen LogP contribution in [0.2, 0.25) is 0 Å². The zero-order chi connectivity index (χ0) is 23.6. The number of rotatable bonds is 11. The lowest BCUT2D eigenvalue weighted by molar-refractivity contribution is -0.144. The zero-order valence-electron chi connectivity index (χ0n) is 18.6. The fourth-order valence-electron chi connectivity index (χ4n) is 4.20. The molecule has 172 valence electrons. The minimum Gasteiger partial charge on any atom is -0.394 e. The Bertz CT molecular complexity index is 973. The van der Waals surface area contributed by atoms with E-state index in [1.54, 1.807) is 0 Å². The van der Waals surface area contributed by atoms with Crippen LogP contribution >= 0.6 is 0 Å². The summed E-state index contributed by atoms with van der Waals surface area (Å²) >= 11 is 0. The van der Waals surface area contributed by atoms with Crippen LogP contribution in [0, 0.1) is 0 Å². The molecule has 0 fully saturated rings. The standard InChI is InChI=1S/C27H31N3O3/c28-18-10-17-23(26(29)32)30(24(19-31)20-11-4-1-5-12-20)27(33)25(21-13-6-2-7-14-21)22-15-8-3-9-16-22/h1-9,11-16,23-25,31H,10,17-19,28H2,(H2,29,32)/t23-,24-/m1/s1. The summed E-state index contributed by atoms with van der Waals surface area (Å²) in [5.74, 6) is -1.58. The maximum absolute atomic E-state index is 14.3. The van der Waals surface area contributed by atoms with Crippen molar-refractivity contribution in [3.8, 4) is 0 Å². The Morgan fingerprint density at radius 3 is 1.64 bits per heavy atom. The number of aliphatic hydroxyl groups excluding tert-OH is 1. The average molecular weight is 446 g/mol. The van der Waals surface area contributed by atoms with E-state index in [2.05, 4.69) is 0 Å². The minimum absolute atomic E-state index is 0.295. The molecule has 0 heterocycles. The first-order chi connectivity index (χ1) is 16.1. The molecule has 0 spiro atoms. The molecule has 33 heavy (non-hydrogen) atoms. The van der Waals surface area contributed by atoms with E-state index in [0.717, 1.165) is 16.7 Å². The summed E-state index contributed by atoms with van der Waals surface area (Å²) < 4.78 is 0. The second-order valence-corrected chi connectivity index (χ2v) is 7.96. The lowest BCUT2D eigenvalue weighted by Crippen LogP contribution is -2.52. The van der Waals surface area contributed by atoms with Crippen molar-refractivity contribution in [3.05, 3.63) is 108 Å². The molecule has 3 aromatic rings. The molecule has 3 aromatic carbocycles. The molecule has 0 aliphatic heterocycles. The molecule has 6 nitrogen and oxygen atoms in total. The average Bonchev–Trinajstić information content (AvgIpc) is 2.85. The highest BCUT2D eigenvalue weighted by molar-refractivity contribution is 5.92. The normalized spacial score (nSPS) is 12.8. The van der Waals surface area contributed by atoms with E-state index in [9.17, 15) is 14.7 Å². The highest BCUT2D eigenvalue weighted by Gasteiger charge is 2.38. The van der Waals surface area contributed by atoms with E-state index in [1.807, 2.05) is 91.0 Å². The van der Waals surface area contributed by atoms with Crippen molar-refractivity contribution in [2.75, 3.05) is 13.2 Å². The molecule has 0 unspecified atom stereocenters. The van der Waals surface area contributed by atoms with Crippen LogP contribution in [0.25, 0.3) is 0 Å². The Labute approximate surface area is 194 Å². The second kappa shape index (κ2) is 11.9. The maximum Gasteiger partial charge on any atom is 0.240 e. The lowest BCUT2D eigenvalue weighted by Gasteiger charge is -2.38. The third-order valence-corrected chi connectivity index (χ3v) is 5.81. The molecule has 0 bridgehead atoms. The lowest BCUT2D eigenvalue weighted by atomic mass is 9.88. The van der Waals surface area contributed by atoms with Crippen LogP contribution in [0.5, 0.6) is 0 Å². The van der Waals surface area contributed by atoms with Crippen LogP contribution in [0.4, 0.5) is 0 Å². The number of nitrogens with two attached hydrogens (primary N) is 2. The van der Waals surface area contributed by atoms with Crippen LogP contribution < -0.4 is 11.5 Å². The van der Waals surface area contributed by atoms with Gasteiger partial charge in [0.25, 0.3) is 0 Å². The van der Waals surface area contributed by atoms with Crippen molar-refractivity contribution in [1.29, 1.82) is 0 Å². The smallest absolute Gasteiger partial charge is 0.240 e. The van der Waals surface area contributed by atoms with Crippen molar-refractivity contribution < 1.29 is 14.7 Å². The highest BCUT2D eigenvalue weighted by Crippen LogP contribution is 2.33. The highest BCUT2D eigenvalue weighted by atomic mass is 16.3. The third-order valence-electron chi connectivity index (χ3n) is 5.81. The van der Waals surface area contributed by atoms with Gasteiger partial charge >= 0.3 is 0 Å². The number of carbonyl (C=O) groups excluding carboxylic acids is 2. The quantitative estimate of drug-likeness (QED) is 0.421. The molecule has 2 atom stereocenters. The van der Waals surface area contributed by atoms with Crippen LogP contribution in [0.3, 0.4) is 0 Å². The monoisotopic (exact) mass is 445 g/mol. The second-order valence-electron chi connectivity index (χ2n) is 7.96. The molecule has 3 rings (SSSR count). The summed E-state index contributed by atoms with van der Waals surface area (Å²) in [5.41, 5.74) is 13.8. The first kappa shape index (κ1) is 24.2. The minimum atomic E-state index is -0.909. The van der Waals surface area contributed by atoms with Gasteiger partial charge in [0.2, 0.25) is 11.8 Å². The van der Waals surface area contributed by atoms with E-state index in [0.29, 0.717) is 19.4 Å². The van der Waals surface area contributed by atoms with Gasteiger partial charge in [0.1, 0.15) is 6.04 Å². The van der Waals surface area contributed by atoms with Crippen LogP contribution in [-0.4, -0.2) is 41.0 Å². The molecule has 0 saturated heterocycles. The third kappa shape index (κ3) is 5.86. The fourth-order valence-corrected chi connectivity index (χ4v) is 4.20. The molecule has 6 heteroatoms. The predicted octanol–water partition coefficient (Wildman–Crippen LogP) is 2.97. The van der Waals surface area contributed by atoms with Crippen molar-refractivity contribution >= 4 is 11.8 Å². The van der Waals surface area contributed by atoms with Crippen molar-refractivity contribution in [2.45, 2.75) is 30.8 Å². The Morgan fingerprint density at radius 2 is 1.24 bits per heavy atom. The number of nitrogens with zero attached hydrogens (tertiary/aromatic N) is 1. The van der Waals surface area contributed by atoms with Crippen LogP contribution in [-0.2, 0) is 9.59 Å². The SMILES string of the molecule is NCCC[C@H](C(N)=O)N(C(=O)C(c1ccccc1)c1ccccc1)[C@H](CO)c1ccccc1. The number of hydrogen-bond acceptors (Lipinski definition) is 4. The predicted molar refractivity (Wildman–Crippen MR) is 129 cm³/mol.